The topological polar surface area (TPSA) is 85.4 Å². The number of nitrogens with zero attached hydrogens (tertiary/aromatic N) is 1. The number of primary amides is 1. The highest BCUT2D eigenvalue weighted by Gasteiger charge is 2.16. The lowest BCUT2D eigenvalue weighted by Gasteiger charge is -2.16. The van der Waals surface area contributed by atoms with Crippen molar-refractivity contribution in [2.45, 2.75) is 12.7 Å². The molecule has 1 aromatic carbocycles. The van der Waals surface area contributed by atoms with Crippen LogP contribution in [0.1, 0.15) is 33.3 Å². The summed E-state index contributed by atoms with van der Waals surface area (Å²) >= 11 is 0. The molecule has 0 fully saturated rings. The first-order chi connectivity index (χ1) is 9.65. The van der Waals surface area contributed by atoms with Gasteiger partial charge in [-0.25, -0.2) is 0 Å². The summed E-state index contributed by atoms with van der Waals surface area (Å²) < 4.78 is 5.45. The monoisotopic (exact) mass is 272 g/mol. The van der Waals surface area contributed by atoms with Crippen molar-refractivity contribution in [2.24, 2.45) is 5.73 Å². The van der Waals surface area contributed by atoms with Gasteiger partial charge in [-0.3, -0.25) is 9.78 Å². The van der Waals surface area contributed by atoms with Gasteiger partial charge in [0.2, 0.25) is 5.91 Å². The van der Waals surface area contributed by atoms with Crippen molar-refractivity contribution in [1.29, 1.82) is 0 Å². The summed E-state index contributed by atoms with van der Waals surface area (Å²) in [7, 11) is 1.57. The van der Waals surface area contributed by atoms with E-state index in [1.54, 1.807) is 19.2 Å². The van der Waals surface area contributed by atoms with Gasteiger partial charge in [-0.15, -0.1) is 0 Å². The molecule has 1 amide bonds. The number of hydrogen-bond acceptors (Lipinski definition) is 4. The number of nitrogens with two attached hydrogens (primary N) is 1. The molecule has 0 saturated carbocycles. The number of aliphatic hydroxyl groups is 1. The highest BCUT2D eigenvalue weighted by atomic mass is 16.5. The SMILES string of the molecule is COC(c1ccc(CO)cc1)c1cc(C(N)=O)ccn1. The molecule has 3 N–H and O–H groups in total. The second kappa shape index (κ2) is 6.27. The second-order valence-electron chi connectivity index (χ2n) is 4.35. The Kier molecular flexibility index (Phi) is 4.45. The molecule has 1 atom stereocenters. The van der Waals surface area contributed by atoms with Crippen LogP contribution in [0.5, 0.6) is 0 Å². The molecule has 5 nitrogen and oxygen atoms in total. The van der Waals surface area contributed by atoms with Gasteiger partial charge in [-0.05, 0) is 23.3 Å². The van der Waals surface area contributed by atoms with Gasteiger partial charge in [0.15, 0.2) is 0 Å². The maximum atomic E-state index is 11.2. The molecule has 1 aromatic heterocycles. The quantitative estimate of drug-likeness (QED) is 0.861. The third-order valence-electron chi connectivity index (χ3n) is 3.03. The van der Waals surface area contributed by atoms with Crippen LogP contribution in [0, 0.1) is 0 Å². The molecule has 0 saturated heterocycles. The van der Waals surface area contributed by atoms with E-state index in [1.807, 2.05) is 24.3 Å². The lowest BCUT2D eigenvalue weighted by atomic mass is 10.0. The van der Waals surface area contributed by atoms with Crippen LogP contribution in [-0.2, 0) is 11.3 Å². The highest BCUT2D eigenvalue weighted by Crippen LogP contribution is 2.24. The van der Waals surface area contributed by atoms with Crippen LogP contribution in [0.3, 0.4) is 0 Å². The molecule has 5 heteroatoms. The summed E-state index contributed by atoms with van der Waals surface area (Å²) in [4.78, 5) is 15.4. The summed E-state index contributed by atoms with van der Waals surface area (Å²) in [6, 6.07) is 10.5. The van der Waals surface area contributed by atoms with E-state index < -0.39 is 5.91 Å². The average molecular weight is 272 g/mol. The number of benzene rings is 1. The summed E-state index contributed by atoms with van der Waals surface area (Å²) in [5.74, 6) is -0.501. The predicted octanol–water partition coefficient (Wildman–Crippen LogP) is 1.41. The Labute approximate surface area is 117 Å². The van der Waals surface area contributed by atoms with Gasteiger partial charge in [0.1, 0.15) is 6.10 Å². The smallest absolute Gasteiger partial charge is 0.248 e. The Bertz CT molecular complexity index is 596. The predicted molar refractivity (Wildman–Crippen MR) is 74.0 cm³/mol. The molecule has 104 valence electrons. The number of aromatic nitrogens is 1. The Balaban J connectivity index is 2.35. The number of methoxy groups -OCH3 is 1. The molecule has 2 rings (SSSR count). The van der Waals surface area contributed by atoms with Crippen LogP contribution >= 0.6 is 0 Å². The Morgan fingerprint density at radius 1 is 1.35 bits per heavy atom. The fourth-order valence-corrected chi connectivity index (χ4v) is 1.97. The van der Waals surface area contributed by atoms with Crippen LogP contribution in [0.15, 0.2) is 42.6 Å². The van der Waals surface area contributed by atoms with Gasteiger partial charge >= 0.3 is 0 Å². The molecule has 0 bridgehead atoms. The fourth-order valence-electron chi connectivity index (χ4n) is 1.97. The van der Waals surface area contributed by atoms with E-state index in [4.69, 9.17) is 15.6 Å². The summed E-state index contributed by atoms with van der Waals surface area (Å²) in [5.41, 5.74) is 7.98. The van der Waals surface area contributed by atoms with Gasteiger partial charge in [0, 0.05) is 18.9 Å². The minimum atomic E-state index is -0.501. The van der Waals surface area contributed by atoms with Crippen molar-refractivity contribution in [3.8, 4) is 0 Å². The fraction of sp³-hybridized carbons (Fsp3) is 0.200. The largest absolute Gasteiger partial charge is 0.392 e. The minimum absolute atomic E-state index is 0.00661. The standard InChI is InChI=1S/C15H16N2O3/c1-20-14(11-4-2-10(9-18)3-5-11)13-8-12(15(16)19)6-7-17-13/h2-8,14,18H,9H2,1H3,(H2,16,19). The van der Waals surface area contributed by atoms with E-state index >= 15 is 0 Å². The summed E-state index contributed by atoms with van der Waals surface area (Å²) in [6.07, 6.45) is 1.14. The van der Waals surface area contributed by atoms with Crippen molar-refractivity contribution < 1.29 is 14.6 Å². The Morgan fingerprint density at radius 3 is 2.60 bits per heavy atom. The van der Waals surface area contributed by atoms with Gasteiger partial charge in [-0.2, -0.15) is 0 Å². The number of carbonyl (C=O) groups is 1. The first kappa shape index (κ1) is 14.2. The first-order valence-corrected chi connectivity index (χ1v) is 6.14. The number of amides is 1. The van der Waals surface area contributed by atoms with Crippen LogP contribution < -0.4 is 5.73 Å². The van der Waals surface area contributed by atoms with Crippen molar-refractivity contribution in [2.75, 3.05) is 7.11 Å². The maximum Gasteiger partial charge on any atom is 0.248 e. The molecule has 0 aliphatic heterocycles. The zero-order valence-electron chi connectivity index (χ0n) is 11.1. The Hall–Kier alpha value is -2.24. The number of ether oxygens (including phenoxy) is 1. The number of rotatable bonds is 5. The van der Waals surface area contributed by atoms with E-state index in [0.29, 0.717) is 11.3 Å². The van der Waals surface area contributed by atoms with E-state index in [9.17, 15) is 4.79 Å². The van der Waals surface area contributed by atoms with Crippen LogP contribution in [0.2, 0.25) is 0 Å². The summed E-state index contributed by atoms with van der Waals surface area (Å²) in [5, 5.41) is 9.04. The minimum Gasteiger partial charge on any atom is -0.392 e. The van der Waals surface area contributed by atoms with Gasteiger partial charge < -0.3 is 15.6 Å². The number of hydrogen-bond donors (Lipinski definition) is 2. The molecule has 0 radical (unpaired) electrons. The first-order valence-electron chi connectivity index (χ1n) is 6.14. The van der Waals surface area contributed by atoms with Crippen molar-refractivity contribution in [3.05, 3.63) is 65.0 Å². The van der Waals surface area contributed by atoms with Crippen LogP contribution in [-0.4, -0.2) is 23.1 Å². The lowest BCUT2D eigenvalue weighted by molar-refractivity contribution is 0.0999. The number of carbonyl (C=O) groups excluding carboxylic acids is 1. The van der Waals surface area contributed by atoms with Crippen molar-refractivity contribution in [1.82, 2.24) is 4.98 Å². The van der Waals surface area contributed by atoms with E-state index in [2.05, 4.69) is 4.98 Å². The van der Waals surface area contributed by atoms with Gasteiger partial charge in [-0.1, -0.05) is 24.3 Å². The molecule has 20 heavy (non-hydrogen) atoms. The zero-order valence-corrected chi connectivity index (χ0v) is 11.1. The average Bonchev–Trinajstić information content (AvgIpc) is 2.49. The summed E-state index contributed by atoms with van der Waals surface area (Å²) in [6.45, 7) is -0.00661. The van der Waals surface area contributed by atoms with Crippen LogP contribution in [0.4, 0.5) is 0 Å². The normalized spacial score (nSPS) is 12.1. The molecule has 1 unspecified atom stereocenters. The third-order valence-corrected chi connectivity index (χ3v) is 3.03. The number of aliphatic hydroxyl groups excluding tert-OH is 1. The van der Waals surface area contributed by atoms with Crippen LogP contribution in [0.25, 0.3) is 0 Å². The highest BCUT2D eigenvalue weighted by molar-refractivity contribution is 5.92. The van der Waals surface area contributed by atoms with E-state index in [1.165, 1.54) is 6.20 Å². The maximum absolute atomic E-state index is 11.2. The molecule has 0 spiro atoms. The molecule has 2 aromatic rings. The van der Waals surface area contributed by atoms with E-state index in [0.717, 1.165) is 11.1 Å². The molecule has 0 aliphatic rings. The third kappa shape index (κ3) is 3.01. The molecular weight excluding hydrogens is 256 g/mol. The van der Waals surface area contributed by atoms with E-state index in [-0.39, 0.29) is 12.7 Å². The van der Waals surface area contributed by atoms with Gasteiger partial charge in [0.05, 0.1) is 12.3 Å². The van der Waals surface area contributed by atoms with Crippen molar-refractivity contribution >= 4 is 5.91 Å². The second-order valence-corrected chi connectivity index (χ2v) is 4.35. The molecule has 0 aliphatic carbocycles. The Morgan fingerprint density at radius 2 is 2.05 bits per heavy atom. The number of pyridine rings is 1. The molecular formula is C15H16N2O3. The van der Waals surface area contributed by atoms with Crippen molar-refractivity contribution in [3.63, 3.8) is 0 Å². The van der Waals surface area contributed by atoms with Gasteiger partial charge in [0.25, 0.3) is 0 Å². The lowest BCUT2D eigenvalue weighted by Crippen LogP contribution is -2.13. The molecule has 1 heterocycles. The zero-order chi connectivity index (χ0) is 14.5.